The van der Waals surface area contributed by atoms with Crippen molar-refractivity contribution in [2.45, 2.75) is 5.75 Å². The van der Waals surface area contributed by atoms with Crippen LogP contribution in [0.4, 0.5) is 10.1 Å². The van der Waals surface area contributed by atoms with Crippen LogP contribution in [-0.4, -0.2) is 16.8 Å². The van der Waals surface area contributed by atoms with Crippen molar-refractivity contribution in [3.05, 3.63) is 77.1 Å². The van der Waals surface area contributed by atoms with Gasteiger partial charge >= 0.3 is 0 Å². The summed E-state index contributed by atoms with van der Waals surface area (Å²) in [4.78, 5) is 12.0. The Morgan fingerprint density at radius 2 is 1.86 bits per heavy atom. The number of benzene rings is 3. The summed E-state index contributed by atoms with van der Waals surface area (Å²) in [5.41, 5.74) is 6.88. The monoisotopic (exact) mass is 433 g/mol. The number of thioether (sulfide) groups is 1. The van der Waals surface area contributed by atoms with Crippen LogP contribution >= 0.6 is 35.6 Å². The minimum absolute atomic E-state index is 0.206. The van der Waals surface area contributed by atoms with Crippen LogP contribution in [0.15, 0.2) is 60.7 Å². The Kier molecular flexibility index (Phi) is 7.08. The van der Waals surface area contributed by atoms with E-state index in [-0.39, 0.29) is 22.6 Å². The number of hydrogen-bond donors (Lipinski definition) is 3. The van der Waals surface area contributed by atoms with Crippen LogP contribution in [0.25, 0.3) is 10.8 Å². The number of hydrazine groups is 1. The SMILES string of the molecule is O=C(CSCc1ccc(F)cc1Cl)NNC(=S)Nc1cccc2ccccc12. The van der Waals surface area contributed by atoms with Crippen LogP contribution in [0.2, 0.25) is 5.02 Å². The topological polar surface area (TPSA) is 53.2 Å². The van der Waals surface area contributed by atoms with Gasteiger partial charge in [-0.25, -0.2) is 4.39 Å². The Morgan fingerprint density at radius 3 is 2.68 bits per heavy atom. The Morgan fingerprint density at radius 1 is 1.07 bits per heavy atom. The fourth-order valence-corrected chi connectivity index (χ4v) is 3.85. The van der Waals surface area contributed by atoms with Crippen LogP contribution in [0.5, 0.6) is 0 Å². The van der Waals surface area contributed by atoms with E-state index < -0.39 is 0 Å². The summed E-state index contributed by atoms with van der Waals surface area (Å²) in [5, 5.41) is 5.85. The first-order chi connectivity index (χ1) is 13.5. The largest absolute Gasteiger partial charge is 0.331 e. The molecule has 0 spiro atoms. The first kappa shape index (κ1) is 20.4. The standard InChI is InChI=1S/C20H17ClFN3OS2/c21-17-10-15(22)9-8-14(17)11-28-12-19(26)24-25-20(27)23-18-7-3-5-13-4-1-2-6-16(13)18/h1-10H,11-12H2,(H,24,26)(H2,23,25,27). The summed E-state index contributed by atoms with van der Waals surface area (Å²) >= 11 is 12.6. The quantitative estimate of drug-likeness (QED) is 0.395. The van der Waals surface area contributed by atoms with Gasteiger partial charge in [0.25, 0.3) is 0 Å². The van der Waals surface area contributed by atoms with E-state index in [1.807, 2.05) is 42.5 Å². The van der Waals surface area contributed by atoms with Crippen molar-refractivity contribution in [1.82, 2.24) is 10.9 Å². The number of thiocarbonyl (C=S) groups is 1. The Hall–Kier alpha value is -2.35. The molecule has 0 heterocycles. The summed E-state index contributed by atoms with van der Waals surface area (Å²) in [6.45, 7) is 0. The molecule has 144 valence electrons. The van der Waals surface area contributed by atoms with Crippen molar-refractivity contribution in [2.24, 2.45) is 0 Å². The first-order valence-corrected chi connectivity index (χ1v) is 10.3. The van der Waals surface area contributed by atoms with E-state index in [9.17, 15) is 9.18 Å². The van der Waals surface area contributed by atoms with E-state index in [2.05, 4.69) is 16.2 Å². The summed E-state index contributed by atoms with van der Waals surface area (Å²) in [6, 6.07) is 18.0. The lowest BCUT2D eigenvalue weighted by molar-refractivity contribution is -0.119. The van der Waals surface area contributed by atoms with Gasteiger partial charge in [0.1, 0.15) is 5.82 Å². The van der Waals surface area contributed by atoms with Gasteiger partial charge in [-0.15, -0.1) is 11.8 Å². The number of fused-ring (bicyclic) bond motifs is 1. The molecule has 0 aliphatic rings. The van der Waals surface area contributed by atoms with Crippen LogP contribution in [0.3, 0.4) is 0 Å². The number of hydrogen-bond acceptors (Lipinski definition) is 3. The zero-order valence-corrected chi connectivity index (χ0v) is 17.1. The highest BCUT2D eigenvalue weighted by Crippen LogP contribution is 2.23. The Labute approximate surface area is 176 Å². The molecule has 0 saturated heterocycles. The zero-order chi connectivity index (χ0) is 19.9. The second-order valence-electron chi connectivity index (χ2n) is 5.88. The van der Waals surface area contributed by atoms with Crippen molar-refractivity contribution in [3.63, 3.8) is 0 Å². The summed E-state index contributed by atoms with van der Waals surface area (Å²) in [5.74, 6) is 0.0984. The van der Waals surface area contributed by atoms with Gasteiger partial charge in [0.05, 0.1) is 5.75 Å². The molecule has 0 bridgehead atoms. The number of nitrogens with one attached hydrogen (secondary N) is 3. The lowest BCUT2D eigenvalue weighted by Gasteiger charge is -2.13. The van der Waals surface area contributed by atoms with Gasteiger partial charge in [0, 0.05) is 21.8 Å². The van der Waals surface area contributed by atoms with Gasteiger partial charge < -0.3 is 5.32 Å². The fourth-order valence-electron chi connectivity index (χ4n) is 2.54. The number of carbonyl (C=O) groups is 1. The predicted molar refractivity (Wildman–Crippen MR) is 119 cm³/mol. The van der Waals surface area contributed by atoms with Crippen molar-refractivity contribution in [2.75, 3.05) is 11.1 Å². The second-order valence-corrected chi connectivity index (χ2v) is 7.68. The molecule has 28 heavy (non-hydrogen) atoms. The Bertz CT molecular complexity index is 1010. The highest BCUT2D eigenvalue weighted by atomic mass is 35.5. The van der Waals surface area contributed by atoms with Crippen LogP contribution < -0.4 is 16.2 Å². The number of amides is 1. The first-order valence-electron chi connectivity index (χ1n) is 8.38. The van der Waals surface area contributed by atoms with Crippen LogP contribution in [0.1, 0.15) is 5.56 Å². The summed E-state index contributed by atoms with van der Waals surface area (Å²) in [7, 11) is 0. The van der Waals surface area contributed by atoms with Crippen LogP contribution in [-0.2, 0) is 10.5 Å². The molecular formula is C20H17ClFN3OS2. The molecule has 0 aliphatic carbocycles. The molecule has 0 aromatic heterocycles. The van der Waals surface area contributed by atoms with E-state index in [0.29, 0.717) is 10.8 Å². The van der Waals surface area contributed by atoms with Gasteiger partial charge in [-0.2, -0.15) is 0 Å². The van der Waals surface area contributed by atoms with E-state index >= 15 is 0 Å². The van der Waals surface area contributed by atoms with Gasteiger partial charge in [0.2, 0.25) is 5.91 Å². The molecule has 3 rings (SSSR count). The summed E-state index contributed by atoms with van der Waals surface area (Å²) < 4.78 is 13.0. The van der Waals surface area contributed by atoms with Crippen molar-refractivity contribution < 1.29 is 9.18 Å². The van der Waals surface area contributed by atoms with Crippen molar-refractivity contribution >= 4 is 63.1 Å². The molecule has 0 aliphatic heterocycles. The van der Waals surface area contributed by atoms with Crippen molar-refractivity contribution in [1.29, 1.82) is 0 Å². The van der Waals surface area contributed by atoms with E-state index in [4.69, 9.17) is 23.8 Å². The molecule has 0 unspecified atom stereocenters. The molecule has 3 N–H and O–H groups in total. The lowest BCUT2D eigenvalue weighted by Crippen LogP contribution is -2.44. The van der Waals surface area contributed by atoms with E-state index in [0.717, 1.165) is 22.0 Å². The molecule has 0 saturated carbocycles. The minimum Gasteiger partial charge on any atom is -0.331 e. The average Bonchev–Trinajstić information content (AvgIpc) is 2.68. The Balaban J connectivity index is 1.44. The third-order valence-electron chi connectivity index (χ3n) is 3.86. The van der Waals surface area contributed by atoms with Gasteiger partial charge in [0.15, 0.2) is 5.11 Å². The van der Waals surface area contributed by atoms with Gasteiger partial charge in [-0.3, -0.25) is 15.6 Å². The average molecular weight is 434 g/mol. The highest BCUT2D eigenvalue weighted by Gasteiger charge is 2.07. The normalized spacial score (nSPS) is 10.5. The third kappa shape index (κ3) is 5.58. The van der Waals surface area contributed by atoms with Crippen molar-refractivity contribution in [3.8, 4) is 0 Å². The number of halogens is 2. The molecule has 0 fully saturated rings. The predicted octanol–water partition coefficient (Wildman–Crippen LogP) is 4.88. The molecule has 0 atom stereocenters. The summed E-state index contributed by atoms with van der Waals surface area (Å²) in [6.07, 6.45) is 0. The molecule has 0 radical (unpaired) electrons. The molecular weight excluding hydrogens is 417 g/mol. The number of anilines is 1. The van der Waals surface area contributed by atoms with Gasteiger partial charge in [-0.1, -0.05) is 54.1 Å². The maximum Gasteiger partial charge on any atom is 0.248 e. The third-order valence-corrected chi connectivity index (χ3v) is 5.40. The second kappa shape index (κ2) is 9.73. The van der Waals surface area contributed by atoms with E-state index in [1.54, 1.807) is 6.07 Å². The lowest BCUT2D eigenvalue weighted by atomic mass is 10.1. The fraction of sp³-hybridized carbons (Fsp3) is 0.100. The van der Waals surface area contributed by atoms with Gasteiger partial charge in [-0.05, 0) is 41.4 Å². The maximum atomic E-state index is 13.0. The molecule has 8 heteroatoms. The van der Waals surface area contributed by atoms with Crippen LogP contribution in [0, 0.1) is 5.82 Å². The zero-order valence-electron chi connectivity index (χ0n) is 14.7. The van der Waals surface area contributed by atoms with E-state index in [1.165, 1.54) is 23.9 Å². The highest BCUT2D eigenvalue weighted by molar-refractivity contribution is 7.99. The smallest absolute Gasteiger partial charge is 0.248 e. The molecule has 4 nitrogen and oxygen atoms in total. The molecule has 3 aromatic rings. The maximum absolute atomic E-state index is 13.0. The number of carbonyl (C=O) groups excluding carboxylic acids is 1. The molecule has 1 amide bonds. The molecule has 3 aromatic carbocycles. The minimum atomic E-state index is -0.382. The number of rotatable bonds is 5.